The van der Waals surface area contributed by atoms with E-state index < -0.39 is 26.3 Å². The molecule has 1 fully saturated rings. The molecule has 124 valence electrons. The van der Waals surface area contributed by atoms with E-state index in [4.69, 9.17) is 15.2 Å². The van der Waals surface area contributed by atoms with Gasteiger partial charge in [0.2, 0.25) is 10.0 Å². The molecule has 0 radical (unpaired) electrons. The smallest absolute Gasteiger partial charge is 0.244 e. The van der Waals surface area contributed by atoms with Gasteiger partial charge in [0.15, 0.2) is 11.5 Å². The second-order valence-electron chi connectivity index (χ2n) is 5.43. The first kappa shape index (κ1) is 17.0. The Morgan fingerprint density at radius 2 is 1.77 bits per heavy atom. The standard InChI is InChI=1S/C14H21FN2O4S/c1-20-11-7-10(15)13(8-12(11)21-2)22(18,19)17-14(9-16)5-3-4-6-14/h7-8,17H,3-6,9,16H2,1-2H3. The fourth-order valence-electron chi connectivity index (χ4n) is 2.78. The van der Waals surface area contributed by atoms with E-state index in [9.17, 15) is 12.8 Å². The van der Waals surface area contributed by atoms with Crippen LogP contribution in [0.15, 0.2) is 17.0 Å². The van der Waals surface area contributed by atoms with Crippen molar-refractivity contribution in [3.05, 3.63) is 17.9 Å². The molecule has 0 aliphatic heterocycles. The van der Waals surface area contributed by atoms with E-state index in [1.165, 1.54) is 14.2 Å². The molecule has 1 aliphatic rings. The molecule has 0 aromatic heterocycles. The van der Waals surface area contributed by atoms with Gasteiger partial charge in [-0.25, -0.2) is 17.5 Å². The second kappa shape index (κ2) is 6.39. The fourth-order valence-corrected chi connectivity index (χ4v) is 4.33. The van der Waals surface area contributed by atoms with Crippen LogP contribution in [0.3, 0.4) is 0 Å². The van der Waals surface area contributed by atoms with Crippen molar-refractivity contribution < 1.29 is 22.3 Å². The maximum Gasteiger partial charge on any atom is 0.244 e. The molecule has 2 rings (SSSR count). The van der Waals surface area contributed by atoms with E-state index in [0.29, 0.717) is 12.8 Å². The van der Waals surface area contributed by atoms with Gasteiger partial charge in [0, 0.05) is 24.2 Å². The monoisotopic (exact) mass is 332 g/mol. The van der Waals surface area contributed by atoms with Gasteiger partial charge >= 0.3 is 0 Å². The molecule has 1 saturated carbocycles. The van der Waals surface area contributed by atoms with Crippen LogP contribution < -0.4 is 19.9 Å². The highest BCUT2D eigenvalue weighted by Gasteiger charge is 2.38. The van der Waals surface area contributed by atoms with Gasteiger partial charge in [-0.2, -0.15) is 0 Å². The Morgan fingerprint density at radius 3 is 2.27 bits per heavy atom. The van der Waals surface area contributed by atoms with Gasteiger partial charge in [0.1, 0.15) is 10.7 Å². The Bertz CT molecular complexity index is 642. The molecule has 0 saturated heterocycles. The van der Waals surface area contributed by atoms with Crippen LogP contribution >= 0.6 is 0 Å². The zero-order valence-electron chi connectivity index (χ0n) is 12.7. The zero-order chi connectivity index (χ0) is 16.4. The highest BCUT2D eigenvalue weighted by Crippen LogP contribution is 2.34. The lowest BCUT2D eigenvalue weighted by Crippen LogP contribution is -2.51. The van der Waals surface area contributed by atoms with Gasteiger partial charge in [0.25, 0.3) is 0 Å². The summed E-state index contributed by atoms with van der Waals surface area (Å²) in [6, 6.07) is 2.12. The van der Waals surface area contributed by atoms with E-state index in [1.54, 1.807) is 0 Å². The number of nitrogens with two attached hydrogens (primary N) is 1. The minimum atomic E-state index is -4.04. The van der Waals surface area contributed by atoms with Crippen molar-refractivity contribution in [1.82, 2.24) is 4.72 Å². The number of hydrogen-bond acceptors (Lipinski definition) is 5. The van der Waals surface area contributed by atoms with Crippen LogP contribution in [0.5, 0.6) is 11.5 Å². The lowest BCUT2D eigenvalue weighted by molar-refractivity contribution is 0.349. The molecule has 1 aromatic rings. The maximum absolute atomic E-state index is 14.2. The third kappa shape index (κ3) is 3.18. The molecule has 8 heteroatoms. The number of methoxy groups -OCH3 is 2. The summed E-state index contributed by atoms with van der Waals surface area (Å²) in [5.41, 5.74) is 5.03. The number of benzene rings is 1. The summed E-state index contributed by atoms with van der Waals surface area (Å²) in [5.74, 6) is -0.610. The van der Waals surface area contributed by atoms with Crippen molar-refractivity contribution in [3.8, 4) is 11.5 Å². The molecule has 0 atom stereocenters. The molecule has 0 amide bonds. The van der Waals surface area contributed by atoms with Gasteiger partial charge in [-0.05, 0) is 12.8 Å². The summed E-state index contributed by atoms with van der Waals surface area (Å²) < 4.78 is 51.8. The number of hydrogen-bond donors (Lipinski definition) is 2. The molecular formula is C14H21FN2O4S. The minimum absolute atomic E-state index is 0.133. The van der Waals surface area contributed by atoms with Crippen LogP contribution in [0.1, 0.15) is 25.7 Å². The van der Waals surface area contributed by atoms with Crippen LogP contribution in [0, 0.1) is 5.82 Å². The number of halogens is 1. The van der Waals surface area contributed by atoms with Crippen molar-refractivity contribution in [2.24, 2.45) is 5.73 Å². The van der Waals surface area contributed by atoms with Gasteiger partial charge < -0.3 is 15.2 Å². The summed E-state index contributed by atoms with van der Waals surface area (Å²) in [7, 11) is -1.33. The Labute approximate surface area is 129 Å². The molecule has 6 nitrogen and oxygen atoms in total. The Morgan fingerprint density at radius 1 is 1.23 bits per heavy atom. The topological polar surface area (TPSA) is 90.7 Å². The highest BCUT2D eigenvalue weighted by molar-refractivity contribution is 7.89. The molecule has 3 N–H and O–H groups in total. The third-order valence-electron chi connectivity index (χ3n) is 4.03. The predicted octanol–water partition coefficient (Wildman–Crippen LogP) is 1.39. The summed E-state index contributed by atoms with van der Waals surface area (Å²) in [6.45, 7) is 0.182. The van der Waals surface area contributed by atoms with E-state index in [2.05, 4.69) is 4.72 Å². The van der Waals surface area contributed by atoms with Gasteiger partial charge in [-0.15, -0.1) is 0 Å². The molecule has 0 heterocycles. The molecule has 22 heavy (non-hydrogen) atoms. The van der Waals surface area contributed by atoms with Crippen LogP contribution in [0.25, 0.3) is 0 Å². The number of rotatable bonds is 6. The summed E-state index contributed by atoms with van der Waals surface area (Å²) in [5, 5.41) is 0. The van der Waals surface area contributed by atoms with E-state index in [-0.39, 0.29) is 18.0 Å². The Hall–Kier alpha value is -1.38. The fraction of sp³-hybridized carbons (Fsp3) is 0.571. The van der Waals surface area contributed by atoms with Gasteiger partial charge in [-0.3, -0.25) is 0 Å². The van der Waals surface area contributed by atoms with Crippen LogP contribution in [0.4, 0.5) is 4.39 Å². The number of sulfonamides is 1. The average Bonchev–Trinajstić information content (AvgIpc) is 2.94. The molecule has 1 aromatic carbocycles. The predicted molar refractivity (Wildman–Crippen MR) is 80.1 cm³/mol. The number of nitrogens with one attached hydrogen (secondary N) is 1. The Balaban J connectivity index is 2.41. The minimum Gasteiger partial charge on any atom is -0.493 e. The first-order chi connectivity index (χ1) is 10.4. The maximum atomic E-state index is 14.2. The van der Waals surface area contributed by atoms with Crippen molar-refractivity contribution in [2.75, 3.05) is 20.8 Å². The highest BCUT2D eigenvalue weighted by atomic mass is 32.2. The quantitative estimate of drug-likeness (QED) is 0.821. The Kier molecular flexibility index (Phi) is 4.93. The first-order valence-electron chi connectivity index (χ1n) is 7.03. The molecule has 0 spiro atoms. The lowest BCUT2D eigenvalue weighted by Gasteiger charge is -2.28. The van der Waals surface area contributed by atoms with E-state index >= 15 is 0 Å². The van der Waals surface area contributed by atoms with Crippen LogP contribution in [-0.4, -0.2) is 34.7 Å². The van der Waals surface area contributed by atoms with E-state index in [0.717, 1.165) is 25.0 Å². The molecular weight excluding hydrogens is 311 g/mol. The normalized spacial score (nSPS) is 17.5. The third-order valence-corrected chi connectivity index (χ3v) is 5.62. The molecule has 0 unspecified atom stereocenters. The van der Waals surface area contributed by atoms with Gasteiger partial charge in [0.05, 0.1) is 14.2 Å². The SMILES string of the molecule is COc1cc(F)c(S(=O)(=O)NC2(CN)CCCC2)cc1OC. The van der Waals surface area contributed by atoms with E-state index in [1.807, 2.05) is 0 Å². The van der Waals surface area contributed by atoms with Crippen molar-refractivity contribution in [1.29, 1.82) is 0 Å². The van der Waals surface area contributed by atoms with Gasteiger partial charge in [-0.1, -0.05) is 12.8 Å². The zero-order valence-corrected chi connectivity index (χ0v) is 13.5. The first-order valence-corrected chi connectivity index (χ1v) is 8.51. The van der Waals surface area contributed by atoms with Crippen molar-refractivity contribution in [2.45, 2.75) is 36.1 Å². The second-order valence-corrected chi connectivity index (χ2v) is 7.09. The lowest BCUT2D eigenvalue weighted by atomic mass is 10.0. The van der Waals surface area contributed by atoms with Crippen molar-refractivity contribution in [3.63, 3.8) is 0 Å². The summed E-state index contributed by atoms with van der Waals surface area (Å²) >= 11 is 0. The molecule has 0 bridgehead atoms. The number of ether oxygens (including phenoxy) is 2. The molecule has 1 aliphatic carbocycles. The largest absolute Gasteiger partial charge is 0.493 e. The summed E-state index contributed by atoms with van der Waals surface area (Å²) in [4.78, 5) is -0.468. The van der Waals surface area contributed by atoms with Crippen molar-refractivity contribution >= 4 is 10.0 Å². The van der Waals surface area contributed by atoms with Crippen LogP contribution in [-0.2, 0) is 10.0 Å². The average molecular weight is 332 g/mol. The van der Waals surface area contributed by atoms with Crippen LogP contribution in [0.2, 0.25) is 0 Å². The summed E-state index contributed by atoms with van der Waals surface area (Å²) in [6.07, 6.45) is 3.09.